The Morgan fingerprint density at radius 3 is 2.27 bits per heavy atom. The maximum atomic E-state index is 12.1. The van der Waals surface area contributed by atoms with E-state index in [-0.39, 0.29) is 30.1 Å². The van der Waals surface area contributed by atoms with Crippen LogP contribution < -0.4 is 10.6 Å². The summed E-state index contributed by atoms with van der Waals surface area (Å²) in [6.45, 7) is 7.37. The van der Waals surface area contributed by atoms with Gasteiger partial charge in [-0.2, -0.15) is 5.10 Å². The second-order valence-electron chi connectivity index (χ2n) is 7.88. The number of halogens is 1. The Bertz CT molecular complexity index is 827. The largest absolute Gasteiger partial charge is 0.444 e. The van der Waals surface area contributed by atoms with Crippen LogP contribution in [-0.2, 0) is 31.4 Å². The van der Waals surface area contributed by atoms with Gasteiger partial charge in [0, 0.05) is 40.4 Å². The SMILES string of the molecule is CN=C(NCc1ccc(CN(C)C(=O)OC(C)(C)C)cc1)NCc1ccnn1C.I. The fourth-order valence-corrected chi connectivity index (χ4v) is 2.60. The minimum atomic E-state index is -0.496. The lowest BCUT2D eigenvalue weighted by Crippen LogP contribution is -2.36. The van der Waals surface area contributed by atoms with Gasteiger partial charge >= 0.3 is 6.09 Å². The van der Waals surface area contributed by atoms with Crippen molar-refractivity contribution in [1.82, 2.24) is 25.3 Å². The maximum Gasteiger partial charge on any atom is 0.410 e. The molecule has 0 fully saturated rings. The van der Waals surface area contributed by atoms with Crippen molar-refractivity contribution in [3.63, 3.8) is 0 Å². The van der Waals surface area contributed by atoms with Gasteiger partial charge in [0.15, 0.2) is 5.96 Å². The van der Waals surface area contributed by atoms with E-state index in [2.05, 4.69) is 20.7 Å². The molecule has 0 aliphatic heterocycles. The van der Waals surface area contributed by atoms with Crippen molar-refractivity contribution in [2.24, 2.45) is 12.0 Å². The number of carbonyl (C=O) groups excluding carboxylic acids is 1. The maximum absolute atomic E-state index is 12.1. The van der Waals surface area contributed by atoms with E-state index in [1.54, 1.807) is 25.2 Å². The van der Waals surface area contributed by atoms with E-state index in [9.17, 15) is 4.79 Å². The number of aryl methyl sites for hydroxylation is 1. The first-order chi connectivity index (χ1) is 13.7. The lowest BCUT2D eigenvalue weighted by atomic mass is 10.1. The van der Waals surface area contributed by atoms with E-state index < -0.39 is 5.60 Å². The van der Waals surface area contributed by atoms with Crippen LogP contribution in [0.2, 0.25) is 0 Å². The van der Waals surface area contributed by atoms with Crippen LogP contribution in [0.1, 0.15) is 37.6 Å². The average Bonchev–Trinajstić information content (AvgIpc) is 3.06. The predicted octanol–water partition coefficient (Wildman–Crippen LogP) is 3.27. The van der Waals surface area contributed by atoms with Gasteiger partial charge in [-0.05, 0) is 38.0 Å². The van der Waals surface area contributed by atoms with Gasteiger partial charge in [0.2, 0.25) is 0 Å². The van der Waals surface area contributed by atoms with Crippen molar-refractivity contribution in [2.75, 3.05) is 14.1 Å². The number of rotatable bonds is 6. The third kappa shape index (κ3) is 8.60. The van der Waals surface area contributed by atoms with Crippen LogP contribution in [0, 0.1) is 0 Å². The molecule has 0 atom stereocenters. The molecule has 0 saturated heterocycles. The summed E-state index contributed by atoms with van der Waals surface area (Å²) in [5.74, 6) is 0.722. The number of benzene rings is 1. The highest BCUT2D eigenvalue weighted by molar-refractivity contribution is 14.0. The summed E-state index contributed by atoms with van der Waals surface area (Å²) >= 11 is 0. The predicted molar refractivity (Wildman–Crippen MR) is 130 cm³/mol. The number of guanidine groups is 1. The summed E-state index contributed by atoms with van der Waals surface area (Å²) in [7, 11) is 5.39. The molecule has 2 rings (SSSR count). The second-order valence-corrected chi connectivity index (χ2v) is 7.88. The first-order valence-corrected chi connectivity index (χ1v) is 9.61. The van der Waals surface area contributed by atoms with Crippen LogP contribution in [0.25, 0.3) is 0 Å². The van der Waals surface area contributed by atoms with E-state index in [1.807, 2.05) is 62.8 Å². The molecule has 1 amide bonds. The third-order valence-corrected chi connectivity index (χ3v) is 4.19. The number of aliphatic imine (C=N–C) groups is 1. The Labute approximate surface area is 196 Å². The minimum absolute atomic E-state index is 0. The monoisotopic (exact) mass is 528 g/mol. The molecule has 0 spiro atoms. The average molecular weight is 528 g/mol. The number of hydrogen-bond acceptors (Lipinski definition) is 4. The highest BCUT2D eigenvalue weighted by Gasteiger charge is 2.19. The van der Waals surface area contributed by atoms with Crippen molar-refractivity contribution in [1.29, 1.82) is 0 Å². The number of hydrogen-bond donors (Lipinski definition) is 2. The zero-order valence-electron chi connectivity index (χ0n) is 18.6. The highest BCUT2D eigenvalue weighted by Crippen LogP contribution is 2.12. The van der Waals surface area contributed by atoms with Gasteiger partial charge in [-0.25, -0.2) is 4.79 Å². The Morgan fingerprint density at radius 1 is 1.13 bits per heavy atom. The van der Waals surface area contributed by atoms with Gasteiger partial charge in [-0.3, -0.25) is 9.67 Å². The van der Waals surface area contributed by atoms with Crippen LogP contribution in [0.3, 0.4) is 0 Å². The van der Waals surface area contributed by atoms with Crippen LogP contribution >= 0.6 is 24.0 Å². The van der Waals surface area contributed by atoms with Gasteiger partial charge in [-0.15, -0.1) is 24.0 Å². The number of aromatic nitrogens is 2. The standard InChI is InChI=1S/C21H32N6O2.HI/c1-21(2,3)29-20(28)26(5)15-17-9-7-16(8-10-17)13-23-19(22-4)24-14-18-11-12-25-27(18)6;/h7-12H,13-15H2,1-6H3,(H2,22,23,24);1H. The van der Waals surface area contributed by atoms with E-state index in [1.165, 1.54) is 0 Å². The molecule has 2 aromatic rings. The fourth-order valence-electron chi connectivity index (χ4n) is 2.60. The molecular formula is C21H33IN6O2. The molecule has 166 valence electrons. The lowest BCUT2D eigenvalue weighted by molar-refractivity contribution is 0.0285. The van der Waals surface area contributed by atoms with Crippen molar-refractivity contribution in [2.45, 2.75) is 46.0 Å². The smallest absolute Gasteiger partial charge is 0.410 e. The molecule has 0 aliphatic carbocycles. The number of nitrogens with zero attached hydrogens (tertiary/aromatic N) is 4. The van der Waals surface area contributed by atoms with Gasteiger partial charge in [0.25, 0.3) is 0 Å². The van der Waals surface area contributed by atoms with E-state index in [0.29, 0.717) is 19.6 Å². The topological polar surface area (TPSA) is 83.8 Å². The molecule has 0 aliphatic rings. The fraction of sp³-hybridized carbons (Fsp3) is 0.476. The van der Waals surface area contributed by atoms with E-state index >= 15 is 0 Å². The zero-order valence-corrected chi connectivity index (χ0v) is 20.9. The quantitative estimate of drug-likeness (QED) is 0.342. The van der Waals surface area contributed by atoms with Gasteiger partial charge in [0.1, 0.15) is 5.60 Å². The van der Waals surface area contributed by atoms with Gasteiger partial charge in [0.05, 0.1) is 12.2 Å². The molecule has 2 N–H and O–H groups in total. The molecular weight excluding hydrogens is 495 g/mol. The molecule has 0 unspecified atom stereocenters. The molecule has 30 heavy (non-hydrogen) atoms. The Balaban J connectivity index is 0.00000450. The van der Waals surface area contributed by atoms with Crippen molar-refractivity contribution < 1.29 is 9.53 Å². The molecule has 1 aromatic carbocycles. The van der Waals surface area contributed by atoms with Crippen LogP contribution in [-0.4, -0.2) is 46.4 Å². The number of ether oxygens (including phenoxy) is 1. The van der Waals surface area contributed by atoms with E-state index in [0.717, 1.165) is 22.8 Å². The summed E-state index contributed by atoms with van der Waals surface area (Å²) in [5.41, 5.74) is 2.74. The number of amides is 1. The van der Waals surface area contributed by atoms with Crippen molar-refractivity contribution >= 4 is 36.0 Å². The molecule has 1 heterocycles. The summed E-state index contributed by atoms with van der Waals surface area (Å²) < 4.78 is 7.21. The number of nitrogens with one attached hydrogen (secondary N) is 2. The Morgan fingerprint density at radius 2 is 1.73 bits per heavy atom. The van der Waals surface area contributed by atoms with Crippen LogP contribution in [0.4, 0.5) is 4.79 Å². The molecule has 0 bridgehead atoms. The minimum Gasteiger partial charge on any atom is -0.444 e. The third-order valence-electron chi connectivity index (χ3n) is 4.19. The Kier molecular flexibility index (Phi) is 10.1. The Hall–Kier alpha value is -2.30. The molecule has 1 aromatic heterocycles. The van der Waals surface area contributed by atoms with Crippen LogP contribution in [0.5, 0.6) is 0 Å². The molecule has 8 nitrogen and oxygen atoms in total. The van der Waals surface area contributed by atoms with E-state index in [4.69, 9.17) is 4.74 Å². The summed E-state index contributed by atoms with van der Waals surface area (Å²) in [5, 5.41) is 10.7. The zero-order chi connectivity index (χ0) is 21.4. The van der Waals surface area contributed by atoms with Crippen molar-refractivity contribution in [3.8, 4) is 0 Å². The van der Waals surface area contributed by atoms with Gasteiger partial charge < -0.3 is 20.3 Å². The lowest BCUT2D eigenvalue weighted by Gasteiger charge is -2.24. The highest BCUT2D eigenvalue weighted by atomic mass is 127. The molecule has 0 saturated carbocycles. The summed E-state index contributed by atoms with van der Waals surface area (Å²) in [6.07, 6.45) is 1.45. The molecule has 0 radical (unpaired) electrons. The van der Waals surface area contributed by atoms with Crippen molar-refractivity contribution in [3.05, 3.63) is 53.3 Å². The summed E-state index contributed by atoms with van der Waals surface area (Å²) in [4.78, 5) is 17.9. The first-order valence-electron chi connectivity index (χ1n) is 9.61. The van der Waals surface area contributed by atoms with Gasteiger partial charge in [-0.1, -0.05) is 24.3 Å². The molecule has 9 heteroatoms. The number of carbonyl (C=O) groups is 1. The second kappa shape index (κ2) is 11.8. The van der Waals surface area contributed by atoms with Crippen LogP contribution in [0.15, 0.2) is 41.5 Å². The first kappa shape index (κ1) is 25.7. The summed E-state index contributed by atoms with van der Waals surface area (Å²) in [6, 6.07) is 10.1. The normalized spacial score (nSPS) is 11.5.